The molecule has 0 aliphatic carbocycles. The fourth-order valence-electron chi connectivity index (χ4n) is 2.08. The van der Waals surface area contributed by atoms with Crippen LogP contribution in [0.4, 0.5) is 18.9 Å². The number of thioether (sulfide) groups is 1. The molecule has 0 aromatic heterocycles. The van der Waals surface area contributed by atoms with Crippen LogP contribution in [0, 0.1) is 5.92 Å². The van der Waals surface area contributed by atoms with Crippen LogP contribution in [0.25, 0.3) is 0 Å². The first-order valence-corrected chi connectivity index (χ1v) is 7.77. The number of rotatable bonds is 4. The summed E-state index contributed by atoms with van der Waals surface area (Å²) in [7, 11) is 0. The van der Waals surface area contributed by atoms with E-state index in [4.69, 9.17) is 18.0 Å². The summed E-state index contributed by atoms with van der Waals surface area (Å²) in [5, 5.41) is 3.17. The average Bonchev–Trinajstić information content (AvgIpc) is 2.88. The Hall–Kier alpha value is -0.950. The van der Waals surface area contributed by atoms with Crippen molar-refractivity contribution in [3.63, 3.8) is 0 Å². The Kier molecular flexibility index (Phi) is 4.80. The Balaban J connectivity index is 2.17. The molecule has 1 fully saturated rings. The molecule has 3 N–H and O–H groups in total. The highest BCUT2D eigenvalue weighted by Gasteiger charge is 2.31. The second-order valence-corrected chi connectivity index (χ2v) is 6.32. The Labute approximate surface area is 125 Å². The van der Waals surface area contributed by atoms with Gasteiger partial charge in [-0.05, 0) is 42.0 Å². The number of hydrogen-bond donors (Lipinski definition) is 2. The maximum Gasteiger partial charge on any atom is 0.416 e. The zero-order valence-electron chi connectivity index (χ0n) is 10.7. The summed E-state index contributed by atoms with van der Waals surface area (Å²) in [6, 6.07) is 3.46. The average molecular weight is 320 g/mol. The second-order valence-electron chi connectivity index (χ2n) is 4.73. The van der Waals surface area contributed by atoms with Crippen molar-refractivity contribution in [1.82, 2.24) is 0 Å². The molecule has 0 radical (unpaired) electrons. The lowest BCUT2D eigenvalue weighted by molar-refractivity contribution is -0.137. The van der Waals surface area contributed by atoms with Crippen LogP contribution in [-0.2, 0) is 6.18 Å². The molecule has 1 aliphatic heterocycles. The minimum atomic E-state index is -4.39. The standard InChI is InChI=1S/C13H15F3N2S2/c14-13(15,16)9-1-2-11(10(5-9)12(17)19)18-6-8-3-4-20-7-8/h1-2,5,8,18H,3-4,6-7H2,(H2,17,19). The van der Waals surface area contributed by atoms with Crippen LogP contribution in [0.3, 0.4) is 0 Å². The number of nitrogens with two attached hydrogens (primary N) is 1. The van der Waals surface area contributed by atoms with Gasteiger partial charge in [0.1, 0.15) is 4.99 Å². The molecule has 2 rings (SSSR count). The van der Waals surface area contributed by atoms with E-state index in [1.165, 1.54) is 6.07 Å². The monoisotopic (exact) mass is 320 g/mol. The van der Waals surface area contributed by atoms with E-state index < -0.39 is 11.7 Å². The molecule has 1 aromatic carbocycles. The summed E-state index contributed by atoms with van der Waals surface area (Å²) in [5.41, 5.74) is 5.62. The highest BCUT2D eigenvalue weighted by atomic mass is 32.2. The second kappa shape index (κ2) is 6.22. The van der Waals surface area contributed by atoms with Gasteiger partial charge in [-0.15, -0.1) is 0 Å². The van der Waals surface area contributed by atoms with Crippen molar-refractivity contribution in [2.45, 2.75) is 12.6 Å². The molecule has 110 valence electrons. The molecule has 1 aromatic rings. The molecule has 0 amide bonds. The maximum absolute atomic E-state index is 12.7. The molecular formula is C13H15F3N2S2. The lowest BCUT2D eigenvalue weighted by Gasteiger charge is -2.16. The van der Waals surface area contributed by atoms with Crippen molar-refractivity contribution in [3.8, 4) is 0 Å². The van der Waals surface area contributed by atoms with Crippen molar-refractivity contribution in [1.29, 1.82) is 0 Å². The van der Waals surface area contributed by atoms with E-state index in [1.54, 1.807) is 0 Å². The van der Waals surface area contributed by atoms with Gasteiger partial charge in [-0.1, -0.05) is 12.2 Å². The number of hydrogen-bond acceptors (Lipinski definition) is 3. The van der Waals surface area contributed by atoms with E-state index in [2.05, 4.69) is 5.32 Å². The number of thiocarbonyl (C=S) groups is 1. The fourth-order valence-corrected chi connectivity index (χ4v) is 3.53. The molecule has 0 bridgehead atoms. The van der Waals surface area contributed by atoms with Crippen LogP contribution >= 0.6 is 24.0 Å². The summed E-state index contributed by atoms with van der Waals surface area (Å²) in [5.74, 6) is 2.76. The van der Waals surface area contributed by atoms with Crippen LogP contribution in [-0.4, -0.2) is 23.0 Å². The Morgan fingerprint density at radius 1 is 1.45 bits per heavy atom. The van der Waals surface area contributed by atoms with Gasteiger partial charge >= 0.3 is 6.18 Å². The predicted molar refractivity (Wildman–Crippen MR) is 81.3 cm³/mol. The molecule has 0 spiro atoms. The molecule has 1 unspecified atom stereocenters. The Morgan fingerprint density at radius 2 is 2.20 bits per heavy atom. The normalized spacial score (nSPS) is 19.1. The van der Waals surface area contributed by atoms with Gasteiger partial charge in [0.2, 0.25) is 0 Å². The molecule has 2 nitrogen and oxygen atoms in total. The number of alkyl halides is 3. The van der Waals surface area contributed by atoms with Crippen LogP contribution in [0.15, 0.2) is 18.2 Å². The predicted octanol–water partition coefficient (Wildman–Crippen LogP) is 3.50. The third-order valence-corrected chi connectivity index (χ3v) is 4.67. The van der Waals surface area contributed by atoms with Gasteiger partial charge in [0.25, 0.3) is 0 Å². The SMILES string of the molecule is NC(=S)c1cc(C(F)(F)F)ccc1NCC1CCSC1. The van der Waals surface area contributed by atoms with Crippen molar-refractivity contribution in [2.24, 2.45) is 11.7 Å². The Bertz CT molecular complexity index is 497. The van der Waals surface area contributed by atoms with Crippen LogP contribution < -0.4 is 11.1 Å². The summed E-state index contributed by atoms with van der Waals surface area (Å²) in [6.07, 6.45) is -3.26. The number of nitrogens with one attached hydrogen (secondary N) is 1. The highest BCUT2D eigenvalue weighted by molar-refractivity contribution is 7.99. The van der Waals surface area contributed by atoms with E-state index >= 15 is 0 Å². The van der Waals surface area contributed by atoms with Crippen molar-refractivity contribution in [2.75, 3.05) is 23.4 Å². The fraction of sp³-hybridized carbons (Fsp3) is 0.462. The first-order valence-electron chi connectivity index (χ1n) is 6.20. The third kappa shape index (κ3) is 3.79. The van der Waals surface area contributed by atoms with Gasteiger partial charge in [0.05, 0.1) is 5.56 Å². The highest BCUT2D eigenvalue weighted by Crippen LogP contribution is 2.32. The summed E-state index contributed by atoms with van der Waals surface area (Å²) in [6.45, 7) is 0.730. The smallest absolute Gasteiger partial charge is 0.389 e. The molecule has 1 aliphatic rings. The van der Waals surface area contributed by atoms with Crippen molar-refractivity contribution >= 4 is 34.7 Å². The van der Waals surface area contributed by atoms with Crippen LogP contribution in [0.5, 0.6) is 0 Å². The van der Waals surface area contributed by atoms with E-state index in [9.17, 15) is 13.2 Å². The van der Waals surface area contributed by atoms with Gasteiger partial charge in [-0.3, -0.25) is 0 Å². The topological polar surface area (TPSA) is 38.0 Å². The van der Waals surface area contributed by atoms with Crippen LogP contribution in [0.2, 0.25) is 0 Å². The number of anilines is 1. The Morgan fingerprint density at radius 3 is 2.75 bits per heavy atom. The summed E-state index contributed by atoms with van der Waals surface area (Å²) in [4.78, 5) is -0.0283. The molecule has 1 saturated heterocycles. The summed E-state index contributed by atoms with van der Waals surface area (Å²) >= 11 is 6.74. The molecule has 20 heavy (non-hydrogen) atoms. The molecule has 1 atom stereocenters. The molecule has 0 saturated carbocycles. The van der Waals surface area contributed by atoms with E-state index in [1.807, 2.05) is 11.8 Å². The van der Waals surface area contributed by atoms with Gasteiger partial charge in [-0.25, -0.2) is 0 Å². The molecule has 1 heterocycles. The van der Waals surface area contributed by atoms with Gasteiger partial charge in [-0.2, -0.15) is 24.9 Å². The minimum absolute atomic E-state index is 0.0283. The first kappa shape index (κ1) is 15.4. The van der Waals surface area contributed by atoms with Gasteiger partial charge in [0.15, 0.2) is 0 Å². The van der Waals surface area contributed by atoms with Crippen LogP contribution in [0.1, 0.15) is 17.5 Å². The molecule has 7 heteroatoms. The number of halogens is 3. The lowest BCUT2D eigenvalue weighted by atomic mass is 10.1. The quantitative estimate of drug-likeness (QED) is 0.833. The minimum Gasteiger partial charge on any atom is -0.389 e. The zero-order chi connectivity index (χ0) is 14.8. The van der Waals surface area contributed by atoms with E-state index in [-0.39, 0.29) is 10.6 Å². The van der Waals surface area contributed by atoms with E-state index in [0.717, 1.165) is 36.6 Å². The van der Waals surface area contributed by atoms with Gasteiger partial charge in [0, 0.05) is 17.8 Å². The first-order chi connectivity index (χ1) is 9.38. The van der Waals surface area contributed by atoms with Gasteiger partial charge < -0.3 is 11.1 Å². The molecular weight excluding hydrogens is 305 g/mol. The lowest BCUT2D eigenvalue weighted by Crippen LogP contribution is -2.19. The maximum atomic E-state index is 12.7. The summed E-state index contributed by atoms with van der Waals surface area (Å²) < 4.78 is 38.1. The van der Waals surface area contributed by atoms with E-state index in [0.29, 0.717) is 11.6 Å². The zero-order valence-corrected chi connectivity index (χ0v) is 12.3. The van der Waals surface area contributed by atoms with Crippen molar-refractivity contribution in [3.05, 3.63) is 29.3 Å². The number of benzene rings is 1. The third-order valence-electron chi connectivity index (χ3n) is 3.22. The van der Waals surface area contributed by atoms with Crippen molar-refractivity contribution < 1.29 is 13.2 Å². The largest absolute Gasteiger partial charge is 0.416 e.